The third-order valence-electron chi connectivity index (χ3n) is 2.74. The van der Waals surface area contributed by atoms with Gasteiger partial charge in [-0.15, -0.1) is 0 Å². The van der Waals surface area contributed by atoms with Crippen molar-refractivity contribution in [1.82, 2.24) is 0 Å². The molecule has 2 rings (SSSR count). The molecular weight excluding hydrogens is 244 g/mol. The monoisotopic (exact) mass is 264 g/mol. The minimum Gasteiger partial charge on any atom is -0.494 e. The van der Waals surface area contributed by atoms with Gasteiger partial charge in [0.25, 0.3) is 0 Å². The molecule has 1 N–H and O–H groups in total. The molecule has 1 heterocycles. The van der Waals surface area contributed by atoms with Gasteiger partial charge in [-0.25, -0.2) is 0 Å². The third kappa shape index (κ3) is 3.67. The molecule has 0 fully saturated rings. The first-order valence-corrected chi connectivity index (χ1v) is 7.29. The highest BCUT2D eigenvalue weighted by molar-refractivity contribution is 8.14. The first-order chi connectivity index (χ1) is 8.67. The number of nitrogens with zero attached hydrogens (tertiary/aromatic N) is 1. The average molecular weight is 264 g/mol. The zero-order valence-corrected chi connectivity index (χ0v) is 12.0. The maximum Gasteiger partial charge on any atom is 0.161 e. The first kappa shape index (κ1) is 13.3. The third-order valence-corrected chi connectivity index (χ3v) is 3.77. The van der Waals surface area contributed by atoms with Crippen molar-refractivity contribution < 1.29 is 4.74 Å². The molecule has 3 nitrogen and oxygen atoms in total. The van der Waals surface area contributed by atoms with E-state index in [0.717, 1.165) is 23.0 Å². The van der Waals surface area contributed by atoms with Crippen LogP contribution in [0.1, 0.15) is 27.2 Å². The van der Waals surface area contributed by atoms with Crippen LogP contribution in [0.5, 0.6) is 5.75 Å². The molecule has 1 aliphatic heterocycles. The standard InChI is InChI=1S/C14H20N2OS/c1-4-17-13-7-5-12(6-8-13)16-14-15-10(2)9-11(3)18-14/h5-8,10-11H,4,9H2,1-3H3,(H,15,16). The lowest BCUT2D eigenvalue weighted by atomic mass is 10.2. The van der Waals surface area contributed by atoms with Crippen LogP contribution in [0.3, 0.4) is 0 Å². The SMILES string of the molecule is CCOc1ccc(NC2=NC(C)CC(C)S2)cc1. The summed E-state index contributed by atoms with van der Waals surface area (Å²) in [5.41, 5.74) is 1.06. The topological polar surface area (TPSA) is 33.6 Å². The van der Waals surface area contributed by atoms with E-state index in [9.17, 15) is 0 Å². The molecule has 2 unspecified atom stereocenters. The number of anilines is 1. The van der Waals surface area contributed by atoms with Crippen LogP contribution in [0, 0.1) is 0 Å². The molecule has 0 aromatic heterocycles. The van der Waals surface area contributed by atoms with Gasteiger partial charge in [0, 0.05) is 10.9 Å². The van der Waals surface area contributed by atoms with Crippen molar-refractivity contribution in [3.63, 3.8) is 0 Å². The van der Waals surface area contributed by atoms with Crippen LogP contribution in [0.4, 0.5) is 5.69 Å². The van der Waals surface area contributed by atoms with Crippen LogP contribution in [0.15, 0.2) is 29.3 Å². The Morgan fingerprint density at radius 2 is 2.06 bits per heavy atom. The van der Waals surface area contributed by atoms with E-state index in [1.54, 1.807) is 0 Å². The zero-order chi connectivity index (χ0) is 13.0. The van der Waals surface area contributed by atoms with E-state index >= 15 is 0 Å². The molecule has 0 saturated carbocycles. The maximum absolute atomic E-state index is 5.42. The largest absolute Gasteiger partial charge is 0.494 e. The normalized spacial score (nSPS) is 23.4. The molecule has 0 spiro atoms. The maximum atomic E-state index is 5.42. The number of nitrogens with one attached hydrogen (secondary N) is 1. The molecule has 0 aliphatic carbocycles. The van der Waals surface area contributed by atoms with Gasteiger partial charge in [0.05, 0.1) is 12.6 Å². The summed E-state index contributed by atoms with van der Waals surface area (Å²) in [4.78, 5) is 4.62. The number of rotatable bonds is 3. The fraction of sp³-hybridized carbons (Fsp3) is 0.500. The van der Waals surface area contributed by atoms with Crippen LogP contribution in [0.25, 0.3) is 0 Å². The highest BCUT2D eigenvalue weighted by atomic mass is 32.2. The molecule has 1 aromatic rings. The summed E-state index contributed by atoms with van der Waals surface area (Å²) in [7, 11) is 0. The Hall–Kier alpha value is -1.16. The summed E-state index contributed by atoms with van der Waals surface area (Å²) in [5, 5.41) is 5.01. The second kappa shape index (κ2) is 6.14. The molecule has 0 bridgehead atoms. The minimum absolute atomic E-state index is 0.409. The number of hydrogen-bond donors (Lipinski definition) is 1. The van der Waals surface area contributed by atoms with Crippen molar-refractivity contribution in [3.05, 3.63) is 24.3 Å². The molecule has 0 radical (unpaired) electrons. The smallest absolute Gasteiger partial charge is 0.161 e. The van der Waals surface area contributed by atoms with Gasteiger partial charge in [-0.05, 0) is 44.5 Å². The lowest BCUT2D eigenvalue weighted by Crippen LogP contribution is -2.22. The van der Waals surface area contributed by atoms with Gasteiger partial charge in [0.15, 0.2) is 5.17 Å². The summed E-state index contributed by atoms with van der Waals surface area (Å²) < 4.78 is 5.42. The van der Waals surface area contributed by atoms with Crippen LogP contribution >= 0.6 is 11.8 Å². The molecule has 1 aliphatic rings. The molecular formula is C14H20N2OS. The number of amidine groups is 1. The average Bonchev–Trinajstić information content (AvgIpc) is 2.31. The van der Waals surface area contributed by atoms with Crippen molar-refractivity contribution in [2.24, 2.45) is 4.99 Å². The van der Waals surface area contributed by atoms with Gasteiger partial charge < -0.3 is 10.1 Å². The zero-order valence-electron chi connectivity index (χ0n) is 11.1. The summed E-state index contributed by atoms with van der Waals surface area (Å²) in [6.45, 7) is 7.10. The lowest BCUT2D eigenvalue weighted by molar-refractivity contribution is 0.340. The van der Waals surface area contributed by atoms with E-state index in [1.807, 2.05) is 43.0 Å². The minimum atomic E-state index is 0.409. The van der Waals surface area contributed by atoms with Crippen LogP contribution in [0.2, 0.25) is 0 Å². The van der Waals surface area contributed by atoms with Gasteiger partial charge in [0.1, 0.15) is 5.75 Å². The van der Waals surface area contributed by atoms with Crippen molar-refractivity contribution in [2.45, 2.75) is 38.5 Å². The predicted molar refractivity (Wildman–Crippen MR) is 79.8 cm³/mol. The van der Waals surface area contributed by atoms with Crippen molar-refractivity contribution in [3.8, 4) is 5.75 Å². The summed E-state index contributed by atoms with van der Waals surface area (Å²) in [6.07, 6.45) is 1.15. The lowest BCUT2D eigenvalue weighted by Gasteiger charge is -2.23. The second-order valence-corrected chi connectivity index (χ2v) is 5.96. The highest BCUT2D eigenvalue weighted by Gasteiger charge is 2.18. The number of aliphatic imine (C=N–C) groups is 1. The fourth-order valence-corrected chi connectivity index (χ4v) is 3.16. The Morgan fingerprint density at radius 1 is 1.33 bits per heavy atom. The Balaban J connectivity index is 2.00. The number of ether oxygens (including phenoxy) is 1. The van der Waals surface area contributed by atoms with Crippen LogP contribution in [-0.4, -0.2) is 23.1 Å². The quantitative estimate of drug-likeness (QED) is 0.902. The molecule has 98 valence electrons. The molecule has 0 amide bonds. The summed E-state index contributed by atoms with van der Waals surface area (Å²) in [5.74, 6) is 0.906. The van der Waals surface area contributed by atoms with Crippen LogP contribution < -0.4 is 10.1 Å². The van der Waals surface area contributed by atoms with Gasteiger partial charge in [-0.2, -0.15) is 0 Å². The predicted octanol–water partition coefficient (Wildman–Crippen LogP) is 3.77. The van der Waals surface area contributed by atoms with E-state index in [4.69, 9.17) is 4.74 Å². The van der Waals surface area contributed by atoms with E-state index in [0.29, 0.717) is 17.9 Å². The highest BCUT2D eigenvalue weighted by Crippen LogP contribution is 2.26. The fourth-order valence-electron chi connectivity index (χ4n) is 1.99. The Bertz CT molecular complexity index is 416. The summed E-state index contributed by atoms with van der Waals surface area (Å²) in [6, 6.07) is 8.42. The molecule has 4 heteroatoms. The van der Waals surface area contributed by atoms with Crippen molar-refractivity contribution in [2.75, 3.05) is 11.9 Å². The molecule has 0 saturated heterocycles. The Labute approximate surface area is 113 Å². The van der Waals surface area contributed by atoms with Gasteiger partial charge in [-0.1, -0.05) is 18.7 Å². The van der Waals surface area contributed by atoms with Gasteiger partial charge in [0.2, 0.25) is 0 Å². The Kier molecular flexibility index (Phi) is 4.53. The number of benzene rings is 1. The van der Waals surface area contributed by atoms with Gasteiger partial charge >= 0.3 is 0 Å². The van der Waals surface area contributed by atoms with Crippen molar-refractivity contribution in [1.29, 1.82) is 0 Å². The van der Waals surface area contributed by atoms with Crippen molar-refractivity contribution >= 4 is 22.6 Å². The molecule has 2 atom stereocenters. The van der Waals surface area contributed by atoms with E-state index in [1.165, 1.54) is 0 Å². The Morgan fingerprint density at radius 3 is 2.67 bits per heavy atom. The van der Waals surface area contributed by atoms with E-state index < -0.39 is 0 Å². The number of thioether (sulfide) groups is 1. The number of hydrogen-bond acceptors (Lipinski definition) is 4. The molecule has 18 heavy (non-hydrogen) atoms. The van der Waals surface area contributed by atoms with Gasteiger partial charge in [-0.3, -0.25) is 4.99 Å². The van der Waals surface area contributed by atoms with E-state index in [-0.39, 0.29) is 0 Å². The van der Waals surface area contributed by atoms with E-state index in [2.05, 4.69) is 24.2 Å². The molecule has 1 aromatic carbocycles. The summed E-state index contributed by atoms with van der Waals surface area (Å²) >= 11 is 1.81. The second-order valence-electron chi connectivity index (χ2n) is 4.53. The van der Waals surface area contributed by atoms with Crippen LogP contribution in [-0.2, 0) is 0 Å². The first-order valence-electron chi connectivity index (χ1n) is 6.41.